The summed E-state index contributed by atoms with van der Waals surface area (Å²) in [5.74, 6) is -4.34. The van der Waals surface area contributed by atoms with Gasteiger partial charge in [-0.2, -0.15) is 0 Å². The molecule has 2 aliphatic heterocycles. The van der Waals surface area contributed by atoms with E-state index >= 15 is 0 Å². The van der Waals surface area contributed by atoms with Crippen LogP contribution in [0.25, 0.3) is 10.6 Å². The lowest BCUT2D eigenvalue weighted by Gasteiger charge is -2.49. The van der Waals surface area contributed by atoms with Gasteiger partial charge >= 0.3 is 0 Å². The molecule has 1 atom stereocenters. The lowest BCUT2D eigenvalue weighted by molar-refractivity contribution is 0.0604. The lowest BCUT2D eigenvalue weighted by Crippen LogP contribution is -2.63. The van der Waals surface area contributed by atoms with Crippen molar-refractivity contribution in [3.05, 3.63) is 74.4 Å². The van der Waals surface area contributed by atoms with E-state index in [1.165, 1.54) is 10.9 Å². The Balaban J connectivity index is 1.58. The summed E-state index contributed by atoms with van der Waals surface area (Å²) in [5.41, 5.74) is -0.497. The average Bonchev–Trinajstić information content (AvgIpc) is 3.27. The van der Waals surface area contributed by atoms with Crippen LogP contribution in [-0.2, 0) is 6.42 Å². The number of carbonyl (C=O) groups excluding carboxylic acids is 1. The molecule has 12 heteroatoms. The monoisotopic (exact) mass is 503 g/mol. The Morgan fingerprint density at radius 2 is 1.91 bits per heavy atom. The highest BCUT2D eigenvalue weighted by Gasteiger charge is 2.42. The summed E-state index contributed by atoms with van der Waals surface area (Å²) in [5, 5.41) is 20.8. The van der Waals surface area contributed by atoms with E-state index in [0.29, 0.717) is 25.2 Å². The fourth-order valence-electron chi connectivity index (χ4n) is 4.57. The Morgan fingerprint density at radius 3 is 2.60 bits per heavy atom. The molecule has 1 N–H and O–H groups in total. The fraction of sp³-hybridized carbons (Fsp3) is 0.304. The van der Waals surface area contributed by atoms with Gasteiger partial charge in [-0.15, -0.1) is 10.2 Å². The second-order valence-corrected chi connectivity index (χ2v) is 9.39. The van der Waals surface area contributed by atoms with Gasteiger partial charge in [0.25, 0.3) is 5.91 Å². The molecule has 2 aliphatic rings. The summed E-state index contributed by atoms with van der Waals surface area (Å²) in [6.07, 6.45) is 2.23. The molecular formula is C23H20F3N5O3S. The topological polar surface area (TPSA) is 91.6 Å². The Labute approximate surface area is 201 Å². The molecule has 182 valence electrons. The highest BCUT2D eigenvalue weighted by Crippen LogP contribution is 2.34. The van der Waals surface area contributed by atoms with Gasteiger partial charge in [0.05, 0.1) is 5.56 Å². The third-order valence-electron chi connectivity index (χ3n) is 6.20. The number of hydrogen-bond donors (Lipinski definition) is 1. The van der Waals surface area contributed by atoms with Gasteiger partial charge < -0.3 is 10.0 Å². The van der Waals surface area contributed by atoms with Crippen molar-refractivity contribution in [2.24, 2.45) is 0 Å². The number of carbonyl (C=O) groups is 1. The molecule has 1 aromatic carbocycles. The maximum atomic E-state index is 14.1. The number of fused-ring (bicyclic) bond motifs is 3. The first-order valence-corrected chi connectivity index (χ1v) is 11.7. The minimum atomic E-state index is -1.05. The Morgan fingerprint density at radius 1 is 1.20 bits per heavy atom. The first-order valence-electron chi connectivity index (χ1n) is 10.9. The molecule has 0 unspecified atom stereocenters. The van der Waals surface area contributed by atoms with Crippen LogP contribution in [0, 0.1) is 17.5 Å². The van der Waals surface area contributed by atoms with Gasteiger partial charge in [-0.3, -0.25) is 19.3 Å². The van der Waals surface area contributed by atoms with E-state index in [2.05, 4.69) is 16.8 Å². The summed E-state index contributed by atoms with van der Waals surface area (Å²) in [6.45, 7) is 6.85. The van der Waals surface area contributed by atoms with E-state index in [1.54, 1.807) is 4.90 Å². The van der Waals surface area contributed by atoms with E-state index < -0.39 is 40.7 Å². The summed E-state index contributed by atoms with van der Waals surface area (Å²) >= 11 is 0.907. The van der Waals surface area contributed by atoms with Gasteiger partial charge in [0.1, 0.15) is 28.6 Å². The molecule has 0 saturated carbocycles. The van der Waals surface area contributed by atoms with Gasteiger partial charge in [0, 0.05) is 43.4 Å². The number of benzene rings is 1. The maximum Gasteiger partial charge on any atom is 0.278 e. The number of halogens is 3. The van der Waals surface area contributed by atoms with Gasteiger partial charge in [-0.25, -0.2) is 13.2 Å². The molecule has 8 nitrogen and oxygen atoms in total. The van der Waals surface area contributed by atoms with Gasteiger partial charge in [0.2, 0.25) is 5.43 Å². The molecule has 35 heavy (non-hydrogen) atoms. The fourth-order valence-corrected chi connectivity index (χ4v) is 5.43. The highest BCUT2D eigenvalue weighted by atomic mass is 32.1. The largest absolute Gasteiger partial charge is 0.502 e. The van der Waals surface area contributed by atoms with Crippen LogP contribution in [0.5, 0.6) is 5.75 Å². The second-order valence-electron chi connectivity index (χ2n) is 8.33. The Kier molecular flexibility index (Phi) is 5.62. The van der Waals surface area contributed by atoms with Crippen LogP contribution in [-0.4, -0.2) is 50.0 Å². The zero-order valence-corrected chi connectivity index (χ0v) is 19.4. The van der Waals surface area contributed by atoms with Crippen molar-refractivity contribution in [3.63, 3.8) is 0 Å². The van der Waals surface area contributed by atoms with E-state index in [9.17, 15) is 27.9 Å². The number of aromatic hydroxyl groups is 1. The zero-order valence-electron chi connectivity index (χ0n) is 18.6. The lowest BCUT2D eigenvalue weighted by atomic mass is 10.0. The minimum Gasteiger partial charge on any atom is -0.502 e. The molecule has 4 heterocycles. The Bertz CT molecular complexity index is 1410. The van der Waals surface area contributed by atoms with Gasteiger partial charge in [-0.05, 0) is 25.3 Å². The van der Waals surface area contributed by atoms with Crippen LogP contribution in [0.4, 0.5) is 13.2 Å². The van der Waals surface area contributed by atoms with Crippen LogP contribution < -0.4 is 10.4 Å². The summed E-state index contributed by atoms with van der Waals surface area (Å²) in [7, 11) is 0. The normalized spacial score (nSPS) is 17.5. The van der Waals surface area contributed by atoms with Gasteiger partial charge in [0.15, 0.2) is 16.5 Å². The van der Waals surface area contributed by atoms with Crippen LogP contribution in [0.2, 0.25) is 0 Å². The van der Waals surface area contributed by atoms with E-state index in [4.69, 9.17) is 0 Å². The number of amides is 1. The molecule has 0 aliphatic carbocycles. The molecule has 5 rings (SSSR count). The number of aromatic nitrogens is 3. The smallest absolute Gasteiger partial charge is 0.278 e. The molecule has 1 amide bonds. The number of rotatable bonds is 4. The standard InChI is InChI=1S/C23H20F3N5O3S/c1-3-29-22-11(2)5-4-6-30(22)31-10-14(19(32)20(33)18(31)23(29)34)21-28-27-17(35-21)9-13-15(25)7-12(24)8-16(13)26/h7-8,10,22,33H,2-6,9H2,1H3/t22-/m0/s1. The van der Waals surface area contributed by atoms with E-state index in [0.717, 1.165) is 29.8 Å². The van der Waals surface area contributed by atoms with E-state index in [-0.39, 0.29) is 33.3 Å². The van der Waals surface area contributed by atoms with Crippen LogP contribution in [0.1, 0.15) is 40.8 Å². The van der Waals surface area contributed by atoms with Gasteiger partial charge in [-0.1, -0.05) is 17.9 Å². The molecule has 1 saturated heterocycles. The van der Waals surface area contributed by atoms with Crippen molar-refractivity contribution < 1.29 is 23.1 Å². The van der Waals surface area contributed by atoms with E-state index in [1.807, 2.05) is 11.9 Å². The summed E-state index contributed by atoms with van der Waals surface area (Å²) in [6, 6.07) is 1.15. The number of nitrogens with zero attached hydrogens (tertiary/aromatic N) is 5. The SMILES string of the molecule is C=C1CCCN2[C@@H]1N(CC)C(=O)c1c(O)c(=O)c(-c3nnc(Cc4c(F)cc(F)cc4F)s3)cn12. The number of piperidine rings is 1. The van der Waals surface area contributed by atoms with Crippen LogP contribution in [0.3, 0.4) is 0 Å². The summed E-state index contributed by atoms with van der Waals surface area (Å²) in [4.78, 5) is 27.8. The molecule has 1 fully saturated rings. The first-order chi connectivity index (χ1) is 16.7. The summed E-state index contributed by atoms with van der Waals surface area (Å²) < 4.78 is 42.8. The molecule has 0 bridgehead atoms. The maximum absolute atomic E-state index is 14.1. The number of hydrogen-bond acceptors (Lipinski definition) is 7. The third-order valence-corrected chi connectivity index (χ3v) is 7.16. The molecular weight excluding hydrogens is 483 g/mol. The molecule has 3 aromatic rings. The third kappa shape index (κ3) is 3.68. The zero-order chi connectivity index (χ0) is 25.0. The Hall–Kier alpha value is -3.67. The first kappa shape index (κ1) is 23.1. The number of likely N-dealkylation sites (N-methyl/N-ethyl adjacent to an activating group) is 1. The van der Waals surface area contributed by atoms with Crippen molar-refractivity contribution in [1.82, 2.24) is 19.8 Å². The average molecular weight is 504 g/mol. The predicted octanol–water partition coefficient (Wildman–Crippen LogP) is 3.17. The van der Waals surface area contributed by atoms with Crippen LogP contribution in [0.15, 0.2) is 35.3 Å². The van der Waals surface area contributed by atoms with Crippen molar-refractivity contribution >= 4 is 17.2 Å². The van der Waals surface area contributed by atoms with Crippen LogP contribution >= 0.6 is 11.3 Å². The second kappa shape index (κ2) is 8.52. The quantitative estimate of drug-likeness (QED) is 0.550. The predicted molar refractivity (Wildman–Crippen MR) is 122 cm³/mol. The van der Waals surface area contributed by atoms with Crippen molar-refractivity contribution in [2.75, 3.05) is 18.1 Å². The molecule has 0 radical (unpaired) electrons. The van der Waals surface area contributed by atoms with Crippen molar-refractivity contribution in [3.8, 4) is 16.3 Å². The highest BCUT2D eigenvalue weighted by molar-refractivity contribution is 7.14. The van der Waals surface area contributed by atoms with Crippen molar-refractivity contribution in [2.45, 2.75) is 32.4 Å². The molecule has 0 spiro atoms. The molecule has 2 aromatic heterocycles. The van der Waals surface area contributed by atoms with Crippen molar-refractivity contribution in [1.29, 1.82) is 0 Å². The number of pyridine rings is 1. The minimum absolute atomic E-state index is 0.0114.